The van der Waals surface area contributed by atoms with Crippen molar-refractivity contribution in [3.8, 4) is 0 Å². The first kappa shape index (κ1) is 25.6. The minimum absolute atomic E-state index is 0.134. The van der Waals surface area contributed by atoms with Crippen molar-refractivity contribution in [1.82, 2.24) is 4.90 Å². The lowest BCUT2D eigenvalue weighted by Crippen LogP contribution is -2.28. The van der Waals surface area contributed by atoms with Crippen LogP contribution in [0.15, 0.2) is 123 Å². The van der Waals surface area contributed by atoms with Crippen molar-refractivity contribution in [2.75, 3.05) is 0 Å². The number of aromatic carboxylic acids is 1. The summed E-state index contributed by atoms with van der Waals surface area (Å²) in [6, 6.07) is 32.6. The summed E-state index contributed by atoms with van der Waals surface area (Å²) in [6.45, 7) is 2.37. The van der Waals surface area contributed by atoms with Crippen LogP contribution in [0.25, 0.3) is 6.08 Å². The Balaban J connectivity index is 1.38. The topological polar surface area (TPSA) is 70.0 Å². The molecule has 7 heteroatoms. The highest BCUT2D eigenvalue weighted by atomic mass is 32.2. The summed E-state index contributed by atoms with van der Waals surface area (Å²) >= 11 is 3.04. The van der Waals surface area contributed by atoms with Crippen LogP contribution in [0.5, 0.6) is 0 Å². The predicted molar refractivity (Wildman–Crippen MR) is 155 cm³/mol. The number of hydrogen-bond donors (Lipinski definition) is 1. The van der Waals surface area contributed by atoms with Gasteiger partial charge in [0.1, 0.15) is 0 Å². The van der Waals surface area contributed by atoms with Gasteiger partial charge in [-0.05, 0) is 84.4 Å². The zero-order chi connectivity index (χ0) is 26.5. The van der Waals surface area contributed by atoms with Crippen molar-refractivity contribution in [3.05, 3.63) is 130 Å². The number of para-hydroxylation sites is 1. The molecule has 0 unspecified atom stereocenters. The van der Waals surface area contributed by atoms with Gasteiger partial charge in [-0.2, -0.15) is 0 Å². The summed E-state index contributed by atoms with van der Waals surface area (Å²) in [4.78, 5) is 34.0. The Morgan fingerprint density at radius 3 is 2.16 bits per heavy atom. The van der Waals surface area contributed by atoms with Gasteiger partial charge in [0.05, 0.1) is 22.7 Å². The average Bonchev–Trinajstić information content (AvgIpc) is 3.20. The van der Waals surface area contributed by atoms with Crippen LogP contribution in [-0.4, -0.2) is 27.1 Å². The highest BCUT2D eigenvalue weighted by Gasteiger charge is 2.33. The summed E-state index contributed by atoms with van der Waals surface area (Å²) in [5, 5.41) is 9.77. The Bertz CT molecular complexity index is 1510. The largest absolute Gasteiger partial charge is 0.478 e. The molecule has 0 bridgehead atoms. The van der Waals surface area contributed by atoms with E-state index in [1.807, 2.05) is 48.5 Å². The molecular formula is C31H24N2O3S2. The van der Waals surface area contributed by atoms with Crippen LogP contribution in [0.2, 0.25) is 0 Å². The molecule has 188 valence electrons. The molecule has 5 rings (SSSR count). The number of aliphatic imine (C=N–C) groups is 1. The second-order valence-electron chi connectivity index (χ2n) is 8.72. The smallest absolute Gasteiger partial charge is 0.335 e. The molecule has 0 atom stereocenters. The zero-order valence-corrected chi connectivity index (χ0v) is 22.2. The maximum Gasteiger partial charge on any atom is 0.335 e. The number of carboxylic acid groups (broad SMARTS) is 1. The molecule has 1 N–H and O–H groups in total. The van der Waals surface area contributed by atoms with Crippen LogP contribution in [-0.2, 0) is 11.3 Å². The monoisotopic (exact) mass is 536 g/mol. The molecule has 1 amide bonds. The molecular weight excluding hydrogens is 512 g/mol. The summed E-state index contributed by atoms with van der Waals surface area (Å²) < 4.78 is 0. The number of amides is 1. The number of nitrogens with zero attached hydrogens (tertiary/aromatic N) is 2. The van der Waals surface area contributed by atoms with E-state index >= 15 is 0 Å². The average molecular weight is 537 g/mol. The van der Waals surface area contributed by atoms with Gasteiger partial charge in [-0.15, -0.1) is 0 Å². The molecule has 38 heavy (non-hydrogen) atoms. The van der Waals surface area contributed by atoms with E-state index in [1.165, 1.54) is 22.2 Å². The molecule has 0 saturated carbocycles. The van der Waals surface area contributed by atoms with Crippen molar-refractivity contribution in [2.45, 2.75) is 23.3 Å². The molecule has 1 aliphatic heterocycles. The Labute approximate surface area is 229 Å². The third kappa shape index (κ3) is 6.25. The second-order valence-corrected chi connectivity index (χ2v) is 10.9. The molecule has 0 spiro atoms. The van der Waals surface area contributed by atoms with Gasteiger partial charge in [0.25, 0.3) is 5.91 Å². The van der Waals surface area contributed by atoms with E-state index in [0.717, 1.165) is 21.7 Å². The fourth-order valence-corrected chi connectivity index (χ4v) is 5.62. The van der Waals surface area contributed by atoms with Crippen molar-refractivity contribution in [1.29, 1.82) is 0 Å². The number of amidine groups is 1. The lowest BCUT2D eigenvalue weighted by Gasteiger charge is -2.16. The number of carbonyl (C=O) groups excluding carboxylic acids is 1. The number of hydrogen-bond acceptors (Lipinski definition) is 5. The molecule has 1 saturated heterocycles. The minimum atomic E-state index is -0.982. The van der Waals surface area contributed by atoms with Crippen LogP contribution in [0.1, 0.15) is 27.0 Å². The van der Waals surface area contributed by atoms with Crippen LogP contribution in [0.3, 0.4) is 0 Å². The van der Waals surface area contributed by atoms with E-state index in [0.29, 0.717) is 16.6 Å². The van der Waals surface area contributed by atoms with Crippen molar-refractivity contribution >= 4 is 52.3 Å². The predicted octanol–water partition coefficient (Wildman–Crippen LogP) is 7.65. The van der Waals surface area contributed by atoms with Gasteiger partial charge in [-0.25, -0.2) is 9.79 Å². The Hall–Kier alpha value is -4.07. The van der Waals surface area contributed by atoms with Gasteiger partial charge in [0.2, 0.25) is 0 Å². The Kier molecular flexibility index (Phi) is 7.77. The van der Waals surface area contributed by atoms with E-state index in [1.54, 1.807) is 40.9 Å². The van der Waals surface area contributed by atoms with Gasteiger partial charge in [-0.3, -0.25) is 9.69 Å². The first-order valence-electron chi connectivity index (χ1n) is 12.0. The summed E-state index contributed by atoms with van der Waals surface area (Å²) in [6.07, 6.45) is 1.89. The van der Waals surface area contributed by atoms with Crippen LogP contribution in [0.4, 0.5) is 5.69 Å². The molecule has 1 fully saturated rings. The zero-order valence-electron chi connectivity index (χ0n) is 20.6. The number of carboxylic acids is 1. The maximum atomic E-state index is 13.5. The second kappa shape index (κ2) is 11.5. The summed E-state index contributed by atoms with van der Waals surface area (Å²) in [5.74, 6) is -1.12. The number of thioether (sulfide) groups is 1. The maximum absolute atomic E-state index is 13.5. The van der Waals surface area contributed by atoms with Gasteiger partial charge >= 0.3 is 5.97 Å². The van der Waals surface area contributed by atoms with E-state index in [2.05, 4.69) is 43.3 Å². The molecule has 0 aliphatic carbocycles. The summed E-state index contributed by atoms with van der Waals surface area (Å²) in [7, 11) is 0. The molecule has 1 heterocycles. The Morgan fingerprint density at radius 1 is 0.895 bits per heavy atom. The fourth-order valence-electron chi connectivity index (χ4n) is 3.80. The van der Waals surface area contributed by atoms with E-state index in [4.69, 9.17) is 4.99 Å². The quantitative estimate of drug-likeness (QED) is 0.246. The third-order valence-corrected chi connectivity index (χ3v) is 7.87. The molecule has 0 aromatic heterocycles. The fraction of sp³-hybridized carbons (Fsp3) is 0.0645. The van der Waals surface area contributed by atoms with E-state index < -0.39 is 5.97 Å². The highest BCUT2D eigenvalue weighted by molar-refractivity contribution is 8.18. The lowest BCUT2D eigenvalue weighted by molar-refractivity contribution is -0.122. The first-order valence-corrected chi connectivity index (χ1v) is 13.6. The number of carbonyl (C=O) groups is 2. The number of rotatable bonds is 7. The molecule has 5 nitrogen and oxygen atoms in total. The first-order chi connectivity index (χ1) is 18.4. The normalized spacial score (nSPS) is 15.4. The van der Waals surface area contributed by atoms with Crippen molar-refractivity contribution < 1.29 is 14.7 Å². The van der Waals surface area contributed by atoms with Crippen molar-refractivity contribution in [2.24, 2.45) is 4.99 Å². The van der Waals surface area contributed by atoms with Crippen LogP contribution >= 0.6 is 23.5 Å². The standard InChI is InChI=1S/C31H24N2O3S2/c1-21-7-15-26(16-8-21)37-27-17-11-22(12-18-27)19-28-29(34)33(20-23-9-13-24(14-10-23)30(35)36)31(38-28)32-25-5-3-2-4-6-25/h2-19H,20H2,1H3,(H,35,36)/b28-19-,32-31?. The van der Waals surface area contributed by atoms with Gasteiger partial charge in [-0.1, -0.05) is 71.9 Å². The third-order valence-electron chi connectivity index (χ3n) is 5.85. The lowest BCUT2D eigenvalue weighted by atomic mass is 10.1. The highest BCUT2D eigenvalue weighted by Crippen LogP contribution is 2.36. The number of aryl methyl sites for hydroxylation is 1. The summed E-state index contributed by atoms with van der Waals surface area (Å²) in [5.41, 5.74) is 3.95. The van der Waals surface area contributed by atoms with Gasteiger partial charge < -0.3 is 5.11 Å². The molecule has 4 aromatic rings. The molecule has 1 aliphatic rings. The van der Waals surface area contributed by atoms with E-state index in [-0.39, 0.29) is 11.5 Å². The molecule has 0 radical (unpaired) electrons. The SMILES string of the molecule is Cc1ccc(Sc2ccc(/C=C3\SC(=Nc4ccccc4)N(Cc4ccc(C(=O)O)cc4)C3=O)cc2)cc1. The van der Waals surface area contributed by atoms with Gasteiger partial charge in [0.15, 0.2) is 5.17 Å². The minimum Gasteiger partial charge on any atom is -0.478 e. The number of benzene rings is 4. The Morgan fingerprint density at radius 2 is 1.53 bits per heavy atom. The van der Waals surface area contributed by atoms with Gasteiger partial charge in [0, 0.05) is 9.79 Å². The van der Waals surface area contributed by atoms with E-state index in [9.17, 15) is 14.7 Å². The van der Waals surface area contributed by atoms with Crippen molar-refractivity contribution in [3.63, 3.8) is 0 Å². The van der Waals surface area contributed by atoms with Crippen LogP contribution < -0.4 is 0 Å². The molecule has 4 aromatic carbocycles. The van der Waals surface area contributed by atoms with Crippen LogP contribution in [0, 0.1) is 6.92 Å².